The van der Waals surface area contributed by atoms with Gasteiger partial charge in [-0.2, -0.15) is 4.31 Å². The second-order valence-corrected chi connectivity index (χ2v) is 7.77. The Morgan fingerprint density at radius 2 is 1.71 bits per heavy atom. The number of hydrogen-bond acceptors (Lipinski definition) is 3. The largest absolute Gasteiger partial charge is 0.302 e. The Hall–Kier alpha value is -0.910. The molecule has 0 atom stereocenters. The van der Waals surface area contributed by atoms with E-state index < -0.39 is 10.0 Å². The van der Waals surface area contributed by atoms with E-state index in [9.17, 15) is 8.42 Å². The van der Waals surface area contributed by atoms with Crippen molar-refractivity contribution in [2.75, 3.05) is 33.2 Å². The van der Waals surface area contributed by atoms with Gasteiger partial charge in [0.25, 0.3) is 0 Å². The van der Waals surface area contributed by atoms with E-state index in [0.717, 1.165) is 31.6 Å². The van der Waals surface area contributed by atoms with Gasteiger partial charge in [0.1, 0.15) is 0 Å². The third-order valence-corrected chi connectivity index (χ3v) is 6.09. The highest BCUT2D eigenvalue weighted by Gasteiger charge is 2.21. The standard InChI is InChI=1S/C16H26N2O2S/c1-3-15-7-9-16(10-8-15)21(19,20)17(2)13-14-18-11-5-4-6-12-18/h7-10H,3-6,11-14H2,1-2H3. The van der Waals surface area contributed by atoms with Gasteiger partial charge in [-0.15, -0.1) is 0 Å². The van der Waals surface area contributed by atoms with Crippen molar-refractivity contribution in [2.24, 2.45) is 0 Å². The Morgan fingerprint density at radius 3 is 2.29 bits per heavy atom. The van der Waals surface area contributed by atoms with Crippen LogP contribution < -0.4 is 0 Å². The SMILES string of the molecule is CCc1ccc(S(=O)(=O)N(C)CCN2CCCCC2)cc1. The predicted octanol–water partition coefficient (Wildman–Crippen LogP) is 2.36. The van der Waals surface area contributed by atoms with Gasteiger partial charge in [-0.1, -0.05) is 25.5 Å². The van der Waals surface area contributed by atoms with Crippen molar-refractivity contribution in [2.45, 2.75) is 37.5 Å². The molecule has 1 aliphatic heterocycles. The molecule has 21 heavy (non-hydrogen) atoms. The third-order valence-electron chi connectivity index (χ3n) is 4.22. The molecule has 1 saturated heterocycles. The van der Waals surface area contributed by atoms with Crippen molar-refractivity contribution in [1.82, 2.24) is 9.21 Å². The molecule has 0 aliphatic carbocycles. The molecule has 0 aromatic heterocycles. The second-order valence-electron chi connectivity index (χ2n) is 5.73. The summed E-state index contributed by atoms with van der Waals surface area (Å²) in [4.78, 5) is 2.75. The number of piperidine rings is 1. The Balaban J connectivity index is 1.96. The monoisotopic (exact) mass is 310 g/mol. The first-order chi connectivity index (χ1) is 10.0. The summed E-state index contributed by atoms with van der Waals surface area (Å²) in [5.74, 6) is 0. The first kappa shape index (κ1) is 16.5. The minimum absolute atomic E-state index is 0.390. The van der Waals surface area contributed by atoms with Gasteiger partial charge in [0.15, 0.2) is 0 Å². The van der Waals surface area contributed by atoms with Crippen LogP contribution in [0.4, 0.5) is 0 Å². The van der Waals surface area contributed by atoms with E-state index in [0.29, 0.717) is 11.4 Å². The van der Waals surface area contributed by atoms with Crippen LogP contribution in [-0.2, 0) is 16.4 Å². The second kappa shape index (κ2) is 7.38. The highest BCUT2D eigenvalue weighted by atomic mass is 32.2. The number of likely N-dealkylation sites (N-methyl/N-ethyl adjacent to an activating group) is 1. The normalized spacial score (nSPS) is 17.3. The zero-order valence-electron chi connectivity index (χ0n) is 13.1. The van der Waals surface area contributed by atoms with E-state index in [2.05, 4.69) is 11.8 Å². The van der Waals surface area contributed by atoms with Crippen LogP contribution in [0.15, 0.2) is 29.2 Å². The van der Waals surface area contributed by atoms with E-state index in [-0.39, 0.29) is 0 Å². The summed E-state index contributed by atoms with van der Waals surface area (Å²) in [5, 5.41) is 0. The van der Waals surface area contributed by atoms with Gasteiger partial charge in [-0.25, -0.2) is 8.42 Å². The van der Waals surface area contributed by atoms with Gasteiger partial charge in [-0.3, -0.25) is 0 Å². The maximum absolute atomic E-state index is 12.5. The summed E-state index contributed by atoms with van der Waals surface area (Å²) in [6, 6.07) is 7.22. The number of likely N-dealkylation sites (tertiary alicyclic amines) is 1. The molecule has 0 saturated carbocycles. The molecule has 1 aromatic carbocycles. The van der Waals surface area contributed by atoms with E-state index in [1.54, 1.807) is 19.2 Å². The minimum atomic E-state index is -3.36. The lowest BCUT2D eigenvalue weighted by atomic mass is 10.1. The van der Waals surface area contributed by atoms with Gasteiger partial charge < -0.3 is 4.90 Å². The molecular formula is C16H26N2O2S. The van der Waals surface area contributed by atoms with Crippen molar-refractivity contribution in [3.63, 3.8) is 0 Å². The number of rotatable bonds is 6. The summed E-state index contributed by atoms with van der Waals surface area (Å²) in [6.45, 7) is 5.63. The molecule has 0 radical (unpaired) electrons. The topological polar surface area (TPSA) is 40.6 Å². The smallest absolute Gasteiger partial charge is 0.242 e. The van der Waals surface area contributed by atoms with Crippen LogP contribution >= 0.6 is 0 Å². The van der Waals surface area contributed by atoms with Crippen LogP contribution in [0.1, 0.15) is 31.7 Å². The summed E-state index contributed by atoms with van der Waals surface area (Å²) in [6.07, 6.45) is 4.68. The van der Waals surface area contributed by atoms with Crippen LogP contribution in [0.2, 0.25) is 0 Å². The molecule has 5 heteroatoms. The number of nitrogens with zero attached hydrogens (tertiary/aromatic N) is 2. The van der Waals surface area contributed by atoms with E-state index >= 15 is 0 Å². The quantitative estimate of drug-likeness (QED) is 0.810. The predicted molar refractivity (Wildman–Crippen MR) is 85.9 cm³/mol. The number of hydrogen-bond donors (Lipinski definition) is 0. The average Bonchev–Trinajstić information content (AvgIpc) is 2.53. The molecule has 0 unspecified atom stereocenters. The molecule has 1 aliphatic rings. The molecule has 0 amide bonds. The fourth-order valence-corrected chi connectivity index (χ4v) is 3.82. The number of sulfonamides is 1. The Bertz CT molecular complexity index is 534. The van der Waals surface area contributed by atoms with Crippen LogP contribution in [0.25, 0.3) is 0 Å². The molecule has 0 spiro atoms. The summed E-state index contributed by atoms with van der Waals surface area (Å²) in [5.41, 5.74) is 1.16. The van der Waals surface area contributed by atoms with Crippen LogP contribution in [-0.4, -0.2) is 50.8 Å². The number of aryl methyl sites for hydroxylation is 1. The molecule has 0 N–H and O–H groups in total. The van der Waals surface area contributed by atoms with Crippen molar-refractivity contribution in [3.8, 4) is 0 Å². The van der Waals surface area contributed by atoms with Gasteiger partial charge in [0, 0.05) is 20.1 Å². The van der Waals surface area contributed by atoms with Gasteiger partial charge in [0.05, 0.1) is 4.90 Å². The Morgan fingerprint density at radius 1 is 1.10 bits per heavy atom. The van der Waals surface area contributed by atoms with E-state index in [4.69, 9.17) is 0 Å². The molecule has 2 rings (SSSR count). The molecule has 4 nitrogen and oxygen atoms in total. The Kier molecular flexibility index (Phi) is 5.79. The fraction of sp³-hybridized carbons (Fsp3) is 0.625. The summed E-state index contributed by atoms with van der Waals surface area (Å²) >= 11 is 0. The molecule has 1 aromatic rings. The lowest BCUT2D eigenvalue weighted by molar-refractivity contribution is 0.218. The maximum Gasteiger partial charge on any atom is 0.242 e. The van der Waals surface area contributed by atoms with Crippen LogP contribution in [0.5, 0.6) is 0 Å². The van der Waals surface area contributed by atoms with Crippen molar-refractivity contribution < 1.29 is 8.42 Å². The maximum atomic E-state index is 12.5. The first-order valence-corrected chi connectivity index (χ1v) is 9.25. The summed E-state index contributed by atoms with van der Waals surface area (Å²) in [7, 11) is -1.68. The number of benzene rings is 1. The van der Waals surface area contributed by atoms with Crippen LogP contribution in [0, 0.1) is 0 Å². The average molecular weight is 310 g/mol. The summed E-state index contributed by atoms with van der Waals surface area (Å²) < 4.78 is 26.5. The first-order valence-electron chi connectivity index (χ1n) is 7.81. The molecular weight excluding hydrogens is 284 g/mol. The minimum Gasteiger partial charge on any atom is -0.302 e. The molecule has 118 valence electrons. The molecule has 1 heterocycles. The van der Waals surface area contributed by atoms with E-state index in [1.807, 2.05) is 12.1 Å². The highest BCUT2D eigenvalue weighted by Crippen LogP contribution is 2.16. The highest BCUT2D eigenvalue weighted by molar-refractivity contribution is 7.89. The van der Waals surface area contributed by atoms with Crippen molar-refractivity contribution >= 4 is 10.0 Å². The van der Waals surface area contributed by atoms with Crippen molar-refractivity contribution in [3.05, 3.63) is 29.8 Å². The van der Waals surface area contributed by atoms with Gasteiger partial charge in [0.2, 0.25) is 10.0 Å². The zero-order chi connectivity index (χ0) is 15.3. The Labute approximate surface area is 128 Å². The fourth-order valence-electron chi connectivity index (χ4n) is 2.66. The molecule has 1 fully saturated rings. The zero-order valence-corrected chi connectivity index (χ0v) is 13.9. The van der Waals surface area contributed by atoms with Crippen molar-refractivity contribution in [1.29, 1.82) is 0 Å². The van der Waals surface area contributed by atoms with Crippen LogP contribution in [0.3, 0.4) is 0 Å². The molecule has 0 bridgehead atoms. The lowest BCUT2D eigenvalue weighted by Crippen LogP contribution is -2.38. The third kappa shape index (κ3) is 4.28. The van der Waals surface area contributed by atoms with E-state index in [1.165, 1.54) is 23.6 Å². The van der Waals surface area contributed by atoms with Gasteiger partial charge in [-0.05, 0) is 50.0 Å². The van der Waals surface area contributed by atoms with Gasteiger partial charge >= 0.3 is 0 Å². The lowest BCUT2D eigenvalue weighted by Gasteiger charge is -2.28.